The van der Waals surface area contributed by atoms with Crippen LogP contribution < -0.4 is 15.9 Å². The van der Waals surface area contributed by atoms with Crippen molar-refractivity contribution in [3.63, 3.8) is 0 Å². The van der Waals surface area contributed by atoms with Crippen LogP contribution in [0.15, 0.2) is 115 Å². The lowest BCUT2D eigenvalue weighted by atomic mass is 9.99. The second-order valence-electron chi connectivity index (χ2n) is 7.33. The summed E-state index contributed by atoms with van der Waals surface area (Å²) in [5, 5.41) is 4.36. The third-order valence-corrected chi connectivity index (χ3v) is 9.78. The van der Waals surface area contributed by atoms with Gasteiger partial charge in [-0.05, 0) is 54.3 Å². The quantitative estimate of drug-likeness (QED) is 0.521. The molecule has 0 aromatic heterocycles. The molecule has 0 N–H and O–H groups in total. The van der Waals surface area contributed by atoms with Crippen LogP contribution in [0.4, 0.5) is 0 Å². The first-order valence-electron chi connectivity index (χ1n) is 9.71. The van der Waals surface area contributed by atoms with E-state index in [-0.39, 0.29) is 0 Å². The monoisotopic (exact) mass is 369 g/mol. The molecular weight excluding hydrogens is 343 g/mol. The van der Waals surface area contributed by atoms with Gasteiger partial charge >= 0.3 is 0 Å². The molecule has 0 fully saturated rings. The van der Waals surface area contributed by atoms with Crippen molar-refractivity contribution in [2.75, 3.05) is 6.16 Å². The molecule has 0 radical (unpaired) electrons. The van der Waals surface area contributed by atoms with Gasteiger partial charge in [0.2, 0.25) is 0 Å². The van der Waals surface area contributed by atoms with E-state index in [9.17, 15) is 0 Å². The number of benzene rings is 3. The van der Waals surface area contributed by atoms with Crippen LogP contribution in [0.5, 0.6) is 0 Å². The van der Waals surface area contributed by atoms with Crippen molar-refractivity contribution in [1.29, 1.82) is 0 Å². The summed E-state index contributed by atoms with van der Waals surface area (Å²) in [6.45, 7) is 2.29. The molecule has 27 heavy (non-hydrogen) atoms. The van der Waals surface area contributed by atoms with Crippen molar-refractivity contribution in [3.8, 4) is 0 Å². The second-order valence-corrected chi connectivity index (χ2v) is 10.8. The minimum absolute atomic E-state index is 0.645. The van der Waals surface area contributed by atoms with Gasteiger partial charge in [0.25, 0.3) is 0 Å². The van der Waals surface area contributed by atoms with Gasteiger partial charge in [-0.2, -0.15) is 0 Å². The first kappa shape index (κ1) is 18.0. The van der Waals surface area contributed by atoms with Gasteiger partial charge < -0.3 is 0 Å². The Labute approximate surface area is 163 Å². The van der Waals surface area contributed by atoms with E-state index in [1.807, 2.05) is 0 Å². The molecule has 134 valence electrons. The molecule has 0 spiro atoms. The van der Waals surface area contributed by atoms with Gasteiger partial charge in [-0.25, -0.2) is 0 Å². The second kappa shape index (κ2) is 8.07. The predicted octanol–water partition coefficient (Wildman–Crippen LogP) is 5.50. The molecule has 0 heterocycles. The van der Waals surface area contributed by atoms with E-state index in [2.05, 4.69) is 116 Å². The zero-order valence-electron chi connectivity index (χ0n) is 15.8. The average molecular weight is 369 g/mol. The fraction of sp³-hybridized carbons (Fsp3) is 0.154. The van der Waals surface area contributed by atoms with E-state index in [0.29, 0.717) is 5.92 Å². The van der Waals surface area contributed by atoms with Crippen LogP contribution in [0, 0.1) is 5.92 Å². The van der Waals surface area contributed by atoms with Gasteiger partial charge in [-0.15, -0.1) is 0 Å². The van der Waals surface area contributed by atoms with Gasteiger partial charge in [0.1, 0.15) is 23.2 Å². The van der Waals surface area contributed by atoms with Crippen LogP contribution in [-0.4, -0.2) is 6.16 Å². The molecule has 1 aliphatic rings. The molecule has 0 saturated heterocycles. The Hall–Kier alpha value is -2.43. The number of rotatable bonds is 5. The van der Waals surface area contributed by atoms with Crippen molar-refractivity contribution in [2.24, 2.45) is 5.92 Å². The van der Waals surface area contributed by atoms with Crippen molar-refractivity contribution >= 4 is 23.2 Å². The van der Waals surface area contributed by atoms with Crippen molar-refractivity contribution in [2.45, 2.75) is 13.3 Å². The molecule has 3 aromatic rings. The maximum atomic E-state index is 2.45. The van der Waals surface area contributed by atoms with Crippen molar-refractivity contribution in [3.05, 3.63) is 115 Å². The van der Waals surface area contributed by atoms with Crippen LogP contribution in [0.25, 0.3) is 0 Å². The normalized spacial score (nSPS) is 16.8. The number of allylic oxidation sites excluding steroid dienone is 4. The summed E-state index contributed by atoms with van der Waals surface area (Å²) < 4.78 is 0. The van der Waals surface area contributed by atoms with E-state index in [1.165, 1.54) is 21.5 Å². The average Bonchev–Trinajstić information content (AvgIpc) is 2.75. The highest BCUT2D eigenvalue weighted by atomic mass is 31.2. The van der Waals surface area contributed by atoms with E-state index in [1.54, 1.807) is 0 Å². The van der Waals surface area contributed by atoms with Crippen LogP contribution in [0.1, 0.15) is 13.3 Å². The molecule has 0 saturated carbocycles. The van der Waals surface area contributed by atoms with Crippen molar-refractivity contribution < 1.29 is 0 Å². The van der Waals surface area contributed by atoms with E-state index in [4.69, 9.17) is 0 Å². The highest BCUT2D eigenvalue weighted by Gasteiger charge is 2.45. The van der Waals surface area contributed by atoms with Gasteiger partial charge in [-0.3, -0.25) is 0 Å². The Morgan fingerprint density at radius 3 is 1.52 bits per heavy atom. The van der Waals surface area contributed by atoms with Crippen LogP contribution in [-0.2, 0) is 0 Å². The first-order chi connectivity index (χ1) is 13.3. The Morgan fingerprint density at radius 2 is 1.15 bits per heavy atom. The predicted molar refractivity (Wildman–Crippen MR) is 121 cm³/mol. The van der Waals surface area contributed by atoms with Gasteiger partial charge in [0.15, 0.2) is 0 Å². The zero-order chi connectivity index (χ0) is 18.5. The molecule has 1 atom stereocenters. The molecule has 0 nitrogen and oxygen atoms in total. The Bertz CT molecular complexity index is 827. The lowest BCUT2D eigenvalue weighted by Crippen LogP contribution is -2.33. The fourth-order valence-electron chi connectivity index (χ4n) is 3.93. The summed E-state index contributed by atoms with van der Waals surface area (Å²) in [6.07, 6.45) is 9.40. The summed E-state index contributed by atoms with van der Waals surface area (Å²) >= 11 is 0. The Balaban J connectivity index is 1.94. The topological polar surface area (TPSA) is 0 Å². The summed E-state index contributed by atoms with van der Waals surface area (Å²) in [5.41, 5.74) is 1.47. The summed E-state index contributed by atoms with van der Waals surface area (Å²) in [7, 11) is -1.76. The minimum Gasteiger partial charge on any atom is -0.0810 e. The third-order valence-electron chi connectivity index (χ3n) is 5.40. The molecule has 4 rings (SSSR count). The highest BCUT2D eigenvalue weighted by Crippen LogP contribution is 2.56. The van der Waals surface area contributed by atoms with Crippen molar-refractivity contribution in [1.82, 2.24) is 0 Å². The molecule has 1 heteroatoms. The molecule has 1 unspecified atom stereocenters. The first-order valence-corrected chi connectivity index (χ1v) is 11.7. The number of hydrogen-bond acceptors (Lipinski definition) is 0. The summed E-state index contributed by atoms with van der Waals surface area (Å²) in [5.74, 6) is 0.645. The van der Waals surface area contributed by atoms with Gasteiger partial charge in [0.05, 0.1) is 6.16 Å². The maximum Gasteiger partial charge on any atom is 0.116 e. The van der Waals surface area contributed by atoms with Crippen LogP contribution in [0.3, 0.4) is 0 Å². The number of hydrogen-bond donors (Lipinski definition) is 0. The van der Waals surface area contributed by atoms with Gasteiger partial charge in [-0.1, -0.05) is 79.7 Å². The van der Waals surface area contributed by atoms with Crippen LogP contribution >= 0.6 is 7.26 Å². The highest BCUT2D eigenvalue weighted by molar-refractivity contribution is 7.95. The van der Waals surface area contributed by atoms with E-state index >= 15 is 0 Å². The van der Waals surface area contributed by atoms with E-state index in [0.717, 1.165) is 12.6 Å². The molecular formula is C26H26P+. The molecule has 3 aromatic carbocycles. The molecule has 1 aliphatic carbocycles. The zero-order valence-corrected chi connectivity index (χ0v) is 16.7. The van der Waals surface area contributed by atoms with Gasteiger partial charge in [0, 0.05) is 0 Å². The molecule has 0 aliphatic heterocycles. The fourth-order valence-corrected chi connectivity index (χ4v) is 8.20. The summed E-state index contributed by atoms with van der Waals surface area (Å²) in [6, 6.07) is 33.4. The Morgan fingerprint density at radius 1 is 0.704 bits per heavy atom. The molecule has 0 bridgehead atoms. The smallest absolute Gasteiger partial charge is 0.0810 e. The molecule has 0 amide bonds. The third kappa shape index (κ3) is 3.68. The lowest BCUT2D eigenvalue weighted by molar-refractivity contribution is 0.731. The standard InChI is InChI=1S/C26H26P/c1-22-17-19-23(20-18-22)21-27(24-11-5-2-6-12-24,25-13-7-3-8-14-25)26-15-9-4-10-16-26/h2-17,19-20,22H,18,21H2,1H3/q+1. The summed E-state index contributed by atoms with van der Waals surface area (Å²) in [4.78, 5) is 0. The Kier molecular flexibility index (Phi) is 5.37. The van der Waals surface area contributed by atoms with Crippen LogP contribution in [0.2, 0.25) is 0 Å². The largest absolute Gasteiger partial charge is 0.116 e. The minimum atomic E-state index is -1.76. The SMILES string of the molecule is CC1C=CC(C[P+](c2ccccc2)(c2ccccc2)c2ccccc2)=CC1. The lowest BCUT2D eigenvalue weighted by Gasteiger charge is -2.29. The van der Waals surface area contributed by atoms with E-state index < -0.39 is 7.26 Å². The maximum absolute atomic E-state index is 2.45.